The monoisotopic (exact) mass is 400 g/mol. The van der Waals surface area contributed by atoms with E-state index in [0.29, 0.717) is 6.61 Å². The zero-order chi connectivity index (χ0) is 19.9. The van der Waals surface area contributed by atoms with E-state index >= 15 is 0 Å². The highest BCUT2D eigenvalue weighted by Crippen LogP contribution is 2.29. The second kappa shape index (κ2) is 9.94. The summed E-state index contributed by atoms with van der Waals surface area (Å²) in [6, 6.07) is 14.8. The average molecular weight is 401 g/mol. The van der Waals surface area contributed by atoms with Crippen molar-refractivity contribution < 1.29 is 9.53 Å². The number of amides is 1. The summed E-state index contributed by atoms with van der Waals surface area (Å²) in [4.78, 5) is 14.1. The van der Waals surface area contributed by atoms with Gasteiger partial charge in [-0.3, -0.25) is 4.90 Å². The van der Waals surface area contributed by atoms with Gasteiger partial charge in [-0.2, -0.15) is 0 Å². The van der Waals surface area contributed by atoms with Gasteiger partial charge in [0, 0.05) is 36.3 Å². The zero-order valence-corrected chi connectivity index (χ0v) is 17.5. The minimum absolute atomic E-state index is 0.149. The van der Waals surface area contributed by atoms with Crippen LogP contribution in [0.4, 0.5) is 4.79 Å². The third-order valence-corrected chi connectivity index (χ3v) is 5.44. The molecule has 0 radical (unpaired) electrons. The minimum Gasteiger partial charge on any atom is -0.450 e. The summed E-state index contributed by atoms with van der Waals surface area (Å²) >= 11 is 6.56. The van der Waals surface area contributed by atoms with Crippen LogP contribution in [0.5, 0.6) is 0 Å². The molecule has 1 fully saturated rings. The van der Waals surface area contributed by atoms with Gasteiger partial charge >= 0.3 is 6.09 Å². The predicted octanol–water partition coefficient (Wildman–Crippen LogP) is 5.42. The van der Waals surface area contributed by atoms with E-state index in [9.17, 15) is 4.79 Å². The molecule has 2 aromatic rings. The maximum absolute atomic E-state index is 11.8. The molecule has 3 rings (SSSR count). The molecule has 2 aromatic carbocycles. The highest BCUT2D eigenvalue weighted by Gasteiger charge is 2.24. The van der Waals surface area contributed by atoms with Gasteiger partial charge in [0.1, 0.15) is 0 Å². The first-order valence-electron chi connectivity index (χ1n) is 10.1. The Morgan fingerprint density at radius 1 is 1.25 bits per heavy atom. The van der Waals surface area contributed by atoms with Crippen molar-refractivity contribution in [1.82, 2.24) is 10.2 Å². The molecule has 0 aromatic heterocycles. The first-order valence-corrected chi connectivity index (χ1v) is 10.4. The molecule has 1 aliphatic heterocycles. The Bertz CT molecular complexity index is 792. The first kappa shape index (κ1) is 20.7. The van der Waals surface area contributed by atoms with Crippen molar-refractivity contribution in [2.24, 2.45) is 0 Å². The number of halogens is 1. The Morgan fingerprint density at radius 3 is 2.75 bits per heavy atom. The van der Waals surface area contributed by atoms with Crippen molar-refractivity contribution >= 4 is 17.7 Å². The third-order valence-electron chi connectivity index (χ3n) is 5.13. The van der Waals surface area contributed by atoms with Gasteiger partial charge in [0.05, 0.1) is 6.61 Å². The number of unbranched alkanes of at least 4 members (excludes halogenated alkanes) is 1. The van der Waals surface area contributed by atoms with E-state index in [1.165, 1.54) is 11.1 Å². The molecule has 1 heterocycles. The Hall–Kier alpha value is -2.04. The number of nitrogens with one attached hydrogen (secondary N) is 1. The maximum atomic E-state index is 11.8. The summed E-state index contributed by atoms with van der Waals surface area (Å²) in [7, 11) is 0. The first-order chi connectivity index (χ1) is 13.5. The van der Waals surface area contributed by atoms with Crippen LogP contribution in [0.2, 0.25) is 5.02 Å². The molecule has 28 heavy (non-hydrogen) atoms. The molecule has 1 amide bonds. The molecular formula is C23H29ClN2O2. The molecule has 4 nitrogen and oxygen atoms in total. The summed E-state index contributed by atoms with van der Waals surface area (Å²) in [5.41, 5.74) is 4.62. The molecule has 1 aliphatic rings. The molecule has 0 spiro atoms. The summed E-state index contributed by atoms with van der Waals surface area (Å²) in [5.74, 6) is 0. The molecule has 0 unspecified atom stereocenters. The largest absolute Gasteiger partial charge is 0.450 e. The normalized spacial score (nSPS) is 16.9. The van der Waals surface area contributed by atoms with Crippen LogP contribution in [0.3, 0.4) is 0 Å². The lowest BCUT2D eigenvalue weighted by atomic mass is 10.0. The zero-order valence-electron chi connectivity index (χ0n) is 16.7. The lowest BCUT2D eigenvalue weighted by molar-refractivity contribution is 0.140. The van der Waals surface area contributed by atoms with Crippen LogP contribution in [0.15, 0.2) is 42.5 Å². The van der Waals surface area contributed by atoms with Crippen molar-refractivity contribution in [3.63, 3.8) is 0 Å². The molecule has 0 bridgehead atoms. The minimum atomic E-state index is -0.300. The van der Waals surface area contributed by atoms with Crippen LogP contribution in [0.1, 0.15) is 37.3 Å². The number of likely N-dealkylation sites (tertiary alicyclic amines) is 1. The fraction of sp³-hybridized carbons (Fsp3) is 0.435. The van der Waals surface area contributed by atoms with Crippen molar-refractivity contribution in [2.45, 2.75) is 45.7 Å². The predicted molar refractivity (Wildman–Crippen MR) is 115 cm³/mol. The quantitative estimate of drug-likeness (QED) is 0.631. The summed E-state index contributed by atoms with van der Waals surface area (Å²) in [6.45, 7) is 7.27. The van der Waals surface area contributed by atoms with E-state index in [0.717, 1.165) is 55.0 Å². The highest BCUT2D eigenvalue weighted by atomic mass is 35.5. The molecule has 1 N–H and O–H groups in total. The van der Waals surface area contributed by atoms with E-state index < -0.39 is 0 Å². The number of hydrogen-bond donors (Lipinski definition) is 1. The van der Waals surface area contributed by atoms with Crippen LogP contribution in [-0.2, 0) is 11.3 Å². The number of carbonyl (C=O) groups excluding carboxylic acids is 1. The van der Waals surface area contributed by atoms with Crippen LogP contribution in [0, 0.1) is 6.92 Å². The maximum Gasteiger partial charge on any atom is 0.407 e. The van der Waals surface area contributed by atoms with Crippen LogP contribution < -0.4 is 5.32 Å². The van der Waals surface area contributed by atoms with E-state index in [1.54, 1.807) is 0 Å². The second-order valence-corrected chi connectivity index (χ2v) is 7.94. The smallest absolute Gasteiger partial charge is 0.407 e. The number of nitrogens with zero attached hydrogens (tertiary/aromatic N) is 1. The lowest BCUT2D eigenvalue weighted by Gasteiger charge is -2.17. The number of rotatable bonds is 7. The van der Waals surface area contributed by atoms with Crippen molar-refractivity contribution in [3.8, 4) is 11.1 Å². The van der Waals surface area contributed by atoms with E-state index in [2.05, 4.69) is 66.5 Å². The standard InChI is InChI=1S/C23H29ClN2O2/c1-3-4-13-28-23(27)25-20-11-12-26(16-20)15-18-7-10-21(22(24)14-18)19-8-5-17(2)6-9-19/h5-10,14,20H,3-4,11-13,15-16H2,1-2H3,(H,25,27)/t20-/m0/s1. The topological polar surface area (TPSA) is 41.6 Å². The van der Waals surface area contributed by atoms with Gasteiger partial charge in [-0.1, -0.05) is 66.9 Å². The van der Waals surface area contributed by atoms with Gasteiger partial charge in [0.25, 0.3) is 0 Å². The van der Waals surface area contributed by atoms with Gasteiger partial charge in [-0.25, -0.2) is 4.79 Å². The van der Waals surface area contributed by atoms with Crippen molar-refractivity contribution in [3.05, 3.63) is 58.6 Å². The Morgan fingerprint density at radius 2 is 2.04 bits per heavy atom. The van der Waals surface area contributed by atoms with Gasteiger partial charge in [-0.05, 0) is 37.0 Å². The fourth-order valence-electron chi connectivity index (χ4n) is 3.49. The van der Waals surface area contributed by atoms with Crippen LogP contribution in [0.25, 0.3) is 11.1 Å². The van der Waals surface area contributed by atoms with E-state index in [1.807, 2.05) is 0 Å². The fourth-order valence-corrected chi connectivity index (χ4v) is 3.81. The van der Waals surface area contributed by atoms with Crippen LogP contribution in [-0.4, -0.2) is 36.7 Å². The highest BCUT2D eigenvalue weighted by molar-refractivity contribution is 6.33. The molecule has 150 valence electrons. The molecule has 0 saturated carbocycles. The summed E-state index contributed by atoms with van der Waals surface area (Å²) in [5, 5.41) is 3.74. The number of aryl methyl sites for hydroxylation is 1. The van der Waals surface area contributed by atoms with Crippen LogP contribution >= 0.6 is 11.6 Å². The number of carbonyl (C=O) groups is 1. The number of ether oxygens (including phenoxy) is 1. The number of alkyl carbamates (subject to hydrolysis) is 1. The second-order valence-electron chi connectivity index (χ2n) is 7.53. The Balaban J connectivity index is 1.53. The molecule has 5 heteroatoms. The molecule has 1 atom stereocenters. The van der Waals surface area contributed by atoms with Gasteiger partial charge in [-0.15, -0.1) is 0 Å². The molecule has 1 saturated heterocycles. The third kappa shape index (κ3) is 5.73. The number of benzene rings is 2. The van der Waals surface area contributed by atoms with Gasteiger partial charge < -0.3 is 10.1 Å². The number of hydrogen-bond acceptors (Lipinski definition) is 3. The molecular weight excluding hydrogens is 372 g/mol. The summed E-state index contributed by atoms with van der Waals surface area (Å²) < 4.78 is 5.19. The van der Waals surface area contributed by atoms with Crippen molar-refractivity contribution in [1.29, 1.82) is 0 Å². The lowest BCUT2D eigenvalue weighted by Crippen LogP contribution is -2.37. The summed E-state index contributed by atoms with van der Waals surface area (Å²) in [6.07, 6.45) is 2.57. The average Bonchev–Trinajstić information content (AvgIpc) is 3.10. The van der Waals surface area contributed by atoms with Gasteiger partial charge in [0.2, 0.25) is 0 Å². The van der Waals surface area contributed by atoms with Gasteiger partial charge in [0.15, 0.2) is 0 Å². The Labute approximate surface area is 172 Å². The van der Waals surface area contributed by atoms with E-state index in [4.69, 9.17) is 16.3 Å². The van der Waals surface area contributed by atoms with E-state index in [-0.39, 0.29) is 12.1 Å². The molecule has 0 aliphatic carbocycles. The van der Waals surface area contributed by atoms with Crippen molar-refractivity contribution in [2.75, 3.05) is 19.7 Å². The SMILES string of the molecule is CCCCOC(=O)N[C@H]1CCN(Cc2ccc(-c3ccc(C)cc3)c(Cl)c2)C1. The Kier molecular flexibility index (Phi) is 7.35.